The Balaban J connectivity index is 1.78. The van der Waals surface area contributed by atoms with Crippen LogP contribution in [-0.4, -0.2) is 29.1 Å². The summed E-state index contributed by atoms with van der Waals surface area (Å²) in [4.78, 5) is 13.6. The lowest BCUT2D eigenvalue weighted by Crippen LogP contribution is -2.41. The molecule has 1 fully saturated rings. The summed E-state index contributed by atoms with van der Waals surface area (Å²) in [7, 11) is 0. The Bertz CT molecular complexity index is 1150. The number of carboxylic acids is 1. The van der Waals surface area contributed by atoms with Crippen LogP contribution in [0.1, 0.15) is 35.6 Å². The van der Waals surface area contributed by atoms with Crippen molar-refractivity contribution < 1.29 is 27.8 Å². The Kier molecular flexibility index (Phi) is 7.14. The first-order valence-electron chi connectivity index (χ1n) is 10.9. The minimum Gasteiger partial charge on any atom is -0.481 e. The van der Waals surface area contributed by atoms with E-state index in [-0.39, 0.29) is 17.1 Å². The van der Waals surface area contributed by atoms with Gasteiger partial charge in [0, 0.05) is 11.6 Å². The number of hydrogen-bond acceptors (Lipinski definition) is 3. The Morgan fingerprint density at radius 2 is 1.76 bits per heavy atom. The molecule has 1 aliphatic rings. The van der Waals surface area contributed by atoms with Gasteiger partial charge in [-0.05, 0) is 73.0 Å². The Morgan fingerprint density at radius 1 is 1.03 bits per heavy atom. The quantitative estimate of drug-likeness (QED) is 0.403. The zero-order valence-corrected chi connectivity index (χ0v) is 18.9. The van der Waals surface area contributed by atoms with Crippen LogP contribution in [-0.2, 0) is 11.0 Å². The summed E-state index contributed by atoms with van der Waals surface area (Å²) in [5, 5.41) is 9.76. The van der Waals surface area contributed by atoms with E-state index in [1.807, 2.05) is 23.1 Å². The van der Waals surface area contributed by atoms with Crippen molar-refractivity contribution in [1.82, 2.24) is 4.90 Å². The van der Waals surface area contributed by atoms with Crippen LogP contribution in [0.3, 0.4) is 0 Å². The highest BCUT2D eigenvalue weighted by Gasteiger charge is 2.35. The number of alkyl halides is 3. The van der Waals surface area contributed by atoms with Gasteiger partial charge in [0.2, 0.25) is 0 Å². The lowest BCUT2D eigenvalue weighted by Gasteiger charge is -2.38. The molecule has 4 nitrogen and oxygen atoms in total. The molecule has 0 aliphatic carbocycles. The summed E-state index contributed by atoms with van der Waals surface area (Å²) in [5.41, 5.74) is 0.139. The smallest absolute Gasteiger partial charge is 0.416 e. The molecule has 34 heavy (non-hydrogen) atoms. The van der Waals surface area contributed by atoms with Gasteiger partial charge in [-0.15, -0.1) is 0 Å². The van der Waals surface area contributed by atoms with E-state index >= 15 is 0 Å². The number of aliphatic carboxylic acids is 1. The monoisotopic (exact) mass is 489 g/mol. The molecule has 1 aliphatic heterocycles. The van der Waals surface area contributed by atoms with Crippen molar-refractivity contribution in [3.8, 4) is 11.5 Å². The number of benzene rings is 3. The molecular formula is C26H23ClF3NO3. The first-order chi connectivity index (χ1) is 16.2. The SMILES string of the molecule is O=C(O)C1CCCN(C(c2cccc(Oc3ccccc3)c2)c2cc(C(F)(F)F)ccc2Cl)C1. The van der Waals surface area contributed by atoms with Crippen LogP contribution in [0.5, 0.6) is 11.5 Å². The molecule has 8 heteroatoms. The van der Waals surface area contributed by atoms with Crippen molar-refractivity contribution in [3.63, 3.8) is 0 Å². The lowest BCUT2D eigenvalue weighted by atomic mass is 9.90. The molecule has 2 atom stereocenters. The number of halogens is 4. The summed E-state index contributed by atoms with van der Waals surface area (Å²) >= 11 is 6.44. The maximum absolute atomic E-state index is 13.5. The second-order valence-corrected chi connectivity index (χ2v) is 8.70. The van der Waals surface area contributed by atoms with E-state index in [9.17, 15) is 23.1 Å². The molecule has 2 unspecified atom stereocenters. The van der Waals surface area contributed by atoms with Crippen molar-refractivity contribution in [2.24, 2.45) is 5.92 Å². The van der Waals surface area contributed by atoms with Crippen LogP contribution in [0, 0.1) is 5.92 Å². The van der Waals surface area contributed by atoms with Crippen LogP contribution >= 0.6 is 11.6 Å². The highest BCUT2D eigenvalue weighted by Crippen LogP contribution is 2.40. The number of ether oxygens (including phenoxy) is 1. The van der Waals surface area contributed by atoms with Gasteiger partial charge in [-0.25, -0.2) is 0 Å². The van der Waals surface area contributed by atoms with Gasteiger partial charge >= 0.3 is 12.1 Å². The van der Waals surface area contributed by atoms with Crippen LogP contribution in [0.4, 0.5) is 13.2 Å². The molecule has 1 saturated heterocycles. The van der Waals surface area contributed by atoms with Crippen LogP contribution in [0.2, 0.25) is 5.02 Å². The number of para-hydroxylation sites is 1. The van der Waals surface area contributed by atoms with Gasteiger partial charge in [-0.2, -0.15) is 13.2 Å². The van der Waals surface area contributed by atoms with Gasteiger partial charge in [0.05, 0.1) is 17.5 Å². The van der Waals surface area contributed by atoms with Gasteiger partial charge < -0.3 is 9.84 Å². The first kappa shape index (κ1) is 24.1. The molecule has 0 radical (unpaired) electrons. The standard InChI is InChI=1S/C26H23ClF3NO3/c27-23-12-11-19(26(28,29)30)15-22(23)24(31-13-5-7-18(16-31)25(32)33)17-6-4-10-21(14-17)34-20-8-2-1-3-9-20/h1-4,6,8-12,14-15,18,24H,5,7,13,16H2,(H,32,33). The maximum atomic E-state index is 13.5. The van der Waals surface area contributed by atoms with Crippen LogP contribution in [0.15, 0.2) is 72.8 Å². The number of hydrogen-bond donors (Lipinski definition) is 1. The molecule has 0 amide bonds. The molecule has 0 spiro atoms. The predicted molar refractivity (Wildman–Crippen MR) is 123 cm³/mol. The third-order valence-electron chi connectivity index (χ3n) is 5.94. The van der Waals surface area contributed by atoms with Crippen molar-refractivity contribution in [1.29, 1.82) is 0 Å². The van der Waals surface area contributed by atoms with Gasteiger partial charge in [-0.3, -0.25) is 9.69 Å². The molecule has 3 aromatic carbocycles. The maximum Gasteiger partial charge on any atom is 0.416 e. The molecule has 4 rings (SSSR count). The summed E-state index contributed by atoms with van der Waals surface area (Å²) in [6.45, 7) is 0.737. The van der Waals surface area contributed by atoms with Crippen LogP contribution in [0.25, 0.3) is 0 Å². The fourth-order valence-corrected chi connectivity index (χ4v) is 4.55. The number of carboxylic acid groups (broad SMARTS) is 1. The normalized spacial score (nSPS) is 17.8. The molecular weight excluding hydrogens is 467 g/mol. The average molecular weight is 490 g/mol. The van der Waals surface area contributed by atoms with Crippen LogP contribution < -0.4 is 4.74 Å². The fraction of sp³-hybridized carbons (Fsp3) is 0.269. The zero-order valence-electron chi connectivity index (χ0n) is 18.1. The Morgan fingerprint density at radius 3 is 2.47 bits per heavy atom. The largest absolute Gasteiger partial charge is 0.481 e. The van der Waals surface area contributed by atoms with E-state index in [1.165, 1.54) is 6.07 Å². The third kappa shape index (κ3) is 5.54. The fourth-order valence-electron chi connectivity index (χ4n) is 4.33. The van der Waals surface area contributed by atoms with E-state index in [4.69, 9.17) is 16.3 Å². The lowest BCUT2D eigenvalue weighted by molar-refractivity contribution is -0.143. The minimum atomic E-state index is -4.53. The van der Waals surface area contributed by atoms with E-state index in [2.05, 4.69) is 0 Å². The molecule has 1 N–H and O–H groups in total. The minimum absolute atomic E-state index is 0.185. The van der Waals surface area contributed by atoms with E-state index in [1.54, 1.807) is 36.4 Å². The summed E-state index contributed by atoms with van der Waals surface area (Å²) in [6, 6.07) is 18.8. The Labute approximate surface area is 200 Å². The van der Waals surface area contributed by atoms with E-state index in [0.717, 1.165) is 12.1 Å². The molecule has 178 valence electrons. The Hall–Kier alpha value is -3.03. The third-order valence-corrected chi connectivity index (χ3v) is 6.28. The van der Waals surface area contributed by atoms with Crippen molar-refractivity contribution >= 4 is 17.6 Å². The molecule has 0 saturated carbocycles. The highest BCUT2D eigenvalue weighted by atomic mass is 35.5. The topological polar surface area (TPSA) is 49.8 Å². The number of piperidine rings is 1. The molecule has 3 aromatic rings. The second-order valence-electron chi connectivity index (χ2n) is 8.30. The molecule has 1 heterocycles. The zero-order chi connectivity index (χ0) is 24.3. The number of nitrogens with zero attached hydrogens (tertiary/aromatic N) is 1. The van der Waals surface area contributed by atoms with Crippen molar-refractivity contribution in [2.45, 2.75) is 25.1 Å². The van der Waals surface area contributed by atoms with Gasteiger partial charge in [0.1, 0.15) is 11.5 Å². The van der Waals surface area contributed by atoms with E-state index in [0.29, 0.717) is 36.4 Å². The van der Waals surface area contributed by atoms with Gasteiger partial charge in [0.15, 0.2) is 0 Å². The predicted octanol–water partition coefficient (Wildman–Crippen LogP) is 7.04. The van der Waals surface area contributed by atoms with Crippen molar-refractivity contribution in [2.75, 3.05) is 13.1 Å². The van der Waals surface area contributed by atoms with Crippen molar-refractivity contribution in [3.05, 3.63) is 94.5 Å². The molecule has 0 bridgehead atoms. The average Bonchev–Trinajstić information content (AvgIpc) is 2.81. The second kappa shape index (κ2) is 10.1. The summed E-state index contributed by atoms with van der Waals surface area (Å²) in [5.74, 6) is -0.384. The van der Waals surface area contributed by atoms with E-state index < -0.39 is 29.7 Å². The number of rotatable bonds is 6. The van der Waals surface area contributed by atoms with Gasteiger partial charge in [0.25, 0.3) is 0 Å². The molecule has 0 aromatic heterocycles. The summed E-state index contributed by atoms with van der Waals surface area (Å²) < 4.78 is 46.5. The van der Waals surface area contributed by atoms with Gasteiger partial charge in [-0.1, -0.05) is 41.9 Å². The highest BCUT2D eigenvalue weighted by molar-refractivity contribution is 6.31. The number of likely N-dealkylation sites (tertiary alicyclic amines) is 1. The summed E-state index contributed by atoms with van der Waals surface area (Å²) in [6.07, 6.45) is -3.40. The first-order valence-corrected chi connectivity index (χ1v) is 11.3. The number of carbonyl (C=O) groups is 1.